The van der Waals surface area contributed by atoms with Crippen molar-refractivity contribution in [3.63, 3.8) is 0 Å². The molecule has 0 unspecified atom stereocenters. The van der Waals surface area contributed by atoms with Crippen molar-refractivity contribution in [1.29, 1.82) is 0 Å². The summed E-state index contributed by atoms with van der Waals surface area (Å²) in [6, 6.07) is 15.5. The molecule has 0 spiro atoms. The van der Waals surface area contributed by atoms with Crippen LogP contribution in [0.5, 0.6) is 5.75 Å². The van der Waals surface area contributed by atoms with Crippen molar-refractivity contribution in [3.8, 4) is 5.75 Å². The van der Waals surface area contributed by atoms with Crippen LogP contribution >= 0.6 is 11.6 Å². The van der Waals surface area contributed by atoms with Gasteiger partial charge in [-0.2, -0.15) is 4.98 Å². The fraction of sp³-hybridized carbons (Fsp3) is 0.423. The van der Waals surface area contributed by atoms with Gasteiger partial charge < -0.3 is 14.2 Å². The van der Waals surface area contributed by atoms with Gasteiger partial charge >= 0.3 is 0 Å². The van der Waals surface area contributed by atoms with Crippen LogP contribution in [0.15, 0.2) is 53.1 Å². The van der Waals surface area contributed by atoms with Crippen LogP contribution in [0.3, 0.4) is 0 Å². The van der Waals surface area contributed by atoms with E-state index in [0.29, 0.717) is 61.6 Å². The van der Waals surface area contributed by atoms with Crippen LogP contribution in [0.25, 0.3) is 0 Å². The molecule has 2 aromatic carbocycles. The van der Waals surface area contributed by atoms with E-state index in [-0.39, 0.29) is 5.91 Å². The van der Waals surface area contributed by atoms with Gasteiger partial charge in [0.25, 0.3) is 0 Å². The summed E-state index contributed by atoms with van der Waals surface area (Å²) in [5, 5.41) is 4.73. The largest absolute Gasteiger partial charge is 0.493 e. The maximum absolute atomic E-state index is 12.4. The van der Waals surface area contributed by atoms with Crippen LogP contribution in [-0.4, -0.2) is 34.1 Å². The van der Waals surface area contributed by atoms with Gasteiger partial charge in [0.1, 0.15) is 5.75 Å². The van der Waals surface area contributed by atoms with Gasteiger partial charge in [0, 0.05) is 31.0 Å². The quantitative estimate of drug-likeness (QED) is 0.339. The summed E-state index contributed by atoms with van der Waals surface area (Å²) in [5.74, 6) is 2.71. The lowest BCUT2D eigenvalue weighted by atomic mass is 10.1. The van der Waals surface area contributed by atoms with E-state index in [1.807, 2.05) is 60.4 Å². The first-order chi connectivity index (χ1) is 15.9. The molecule has 3 aromatic rings. The highest BCUT2D eigenvalue weighted by atomic mass is 35.5. The number of amides is 1. The van der Waals surface area contributed by atoms with E-state index in [1.165, 1.54) is 0 Å². The Labute approximate surface area is 200 Å². The van der Waals surface area contributed by atoms with E-state index in [2.05, 4.69) is 24.0 Å². The zero-order valence-corrected chi connectivity index (χ0v) is 20.3. The number of halogens is 1. The molecule has 0 saturated heterocycles. The van der Waals surface area contributed by atoms with Gasteiger partial charge in [0.05, 0.1) is 13.0 Å². The van der Waals surface area contributed by atoms with Gasteiger partial charge in [-0.05, 0) is 54.7 Å². The van der Waals surface area contributed by atoms with Gasteiger partial charge in [-0.25, -0.2) is 0 Å². The first kappa shape index (κ1) is 24.8. The maximum atomic E-state index is 12.4. The van der Waals surface area contributed by atoms with Crippen molar-refractivity contribution < 1.29 is 14.1 Å². The Balaban J connectivity index is 1.43. The normalized spacial score (nSPS) is 11.1. The maximum Gasteiger partial charge on any atom is 0.231 e. The first-order valence-corrected chi connectivity index (χ1v) is 11.9. The number of benzene rings is 2. The number of nitrogens with zero attached hydrogens (tertiary/aromatic N) is 3. The van der Waals surface area contributed by atoms with Gasteiger partial charge in [-0.1, -0.05) is 54.9 Å². The zero-order valence-electron chi connectivity index (χ0n) is 19.6. The summed E-state index contributed by atoms with van der Waals surface area (Å²) in [4.78, 5) is 18.7. The molecule has 1 amide bonds. The van der Waals surface area contributed by atoms with Gasteiger partial charge in [-0.3, -0.25) is 4.79 Å². The Morgan fingerprint density at radius 1 is 1.09 bits per heavy atom. The third-order valence-corrected chi connectivity index (χ3v) is 5.59. The molecule has 6 nitrogen and oxygen atoms in total. The molecule has 0 atom stereocenters. The molecule has 3 rings (SSSR count). The van der Waals surface area contributed by atoms with Crippen LogP contribution < -0.4 is 4.74 Å². The number of aromatic nitrogens is 2. The highest BCUT2D eigenvalue weighted by molar-refractivity contribution is 6.30. The lowest BCUT2D eigenvalue weighted by molar-refractivity contribution is -0.131. The number of hydrogen-bond acceptors (Lipinski definition) is 5. The topological polar surface area (TPSA) is 68.5 Å². The van der Waals surface area contributed by atoms with Crippen LogP contribution in [0, 0.1) is 5.92 Å². The molecular weight excluding hydrogens is 438 g/mol. The summed E-state index contributed by atoms with van der Waals surface area (Å²) in [6.07, 6.45) is 2.65. The van der Waals surface area contributed by atoms with E-state index in [1.54, 1.807) is 0 Å². The van der Waals surface area contributed by atoms with Gasteiger partial charge in [-0.15, -0.1) is 0 Å². The fourth-order valence-corrected chi connectivity index (χ4v) is 3.48. The van der Waals surface area contributed by atoms with E-state index in [0.717, 1.165) is 23.3 Å². The van der Waals surface area contributed by atoms with E-state index in [4.69, 9.17) is 20.9 Å². The molecule has 33 heavy (non-hydrogen) atoms. The summed E-state index contributed by atoms with van der Waals surface area (Å²) < 4.78 is 11.2. The average Bonchev–Trinajstić information content (AvgIpc) is 3.25. The summed E-state index contributed by atoms with van der Waals surface area (Å²) in [7, 11) is 0. The van der Waals surface area contributed by atoms with Crippen LogP contribution in [0.1, 0.15) is 56.5 Å². The first-order valence-electron chi connectivity index (χ1n) is 11.5. The minimum Gasteiger partial charge on any atom is -0.493 e. The minimum absolute atomic E-state index is 0.210. The fourth-order valence-electron chi connectivity index (χ4n) is 3.36. The van der Waals surface area contributed by atoms with Crippen molar-refractivity contribution >= 4 is 17.5 Å². The van der Waals surface area contributed by atoms with Gasteiger partial charge in [0.15, 0.2) is 5.82 Å². The molecule has 176 valence electrons. The predicted molar refractivity (Wildman–Crippen MR) is 129 cm³/mol. The zero-order chi connectivity index (χ0) is 23.6. The Bertz CT molecular complexity index is 1000. The molecule has 0 fully saturated rings. The third-order valence-electron chi connectivity index (χ3n) is 5.34. The van der Waals surface area contributed by atoms with Crippen LogP contribution in [0.4, 0.5) is 0 Å². The lowest BCUT2D eigenvalue weighted by Gasteiger charge is -2.21. The molecule has 1 heterocycles. The van der Waals surface area contributed by atoms with Crippen molar-refractivity contribution in [2.45, 2.75) is 53.0 Å². The molecule has 0 radical (unpaired) electrons. The van der Waals surface area contributed by atoms with E-state index >= 15 is 0 Å². The van der Waals surface area contributed by atoms with Gasteiger partial charge in [0.2, 0.25) is 11.8 Å². The monoisotopic (exact) mass is 469 g/mol. The number of carbonyl (C=O) groups is 1. The molecule has 0 aliphatic heterocycles. The molecule has 7 heteroatoms. The second-order valence-corrected chi connectivity index (χ2v) is 8.93. The molecule has 1 aromatic heterocycles. The van der Waals surface area contributed by atoms with Crippen molar-refractivity contribution in [2.75, 3.05) is 13.2 Å². The van der Waals surface area contributed by atoms with Crippen LogP contribution in [-0.2, 0) is 24.2 Å². The minimum atomic E-state index is 0.210. The second-order valence-electron chi connectivity index (χ2n) is 8.49. The number of hydrogen-bond donors (Lipinski definition) is 0. The second kappa shape index (κ2) is 12.4. The SMILES string of the molecule is CCN(Cc1ccc(OCCc2noc(Cc3ccc(Cl)cc3)n2)cc1)C(=O)CCC(C)C. The van der Waals surface area contributed by atoms with E-state index in [9.17, 15) is 4.79 Å². The van der Waals surface area contributed by atoms with Crippen LogP contribution in [0.2, 0.25) is 5.02 Å². The number of ether oxygens (including phenoxy) is 1. The summed E-state index contributed by atoms with van der Waals surface area (Å²) >= 11 is 5.92. The smallest absolute Gasteiger partial charge is 0.231 e. The third kappa shape index (κ3) is 8.21. The highest BCUT2D eigenvalue weighted by Crippen LogP contribution is 2.16. The Morgan fingerprint density at radius 2 is 1.79 bits per heavy atom. The Kier molecular flexibility index (Phi) is 9.31. The predicted octanol–water partition coefficient (Wildman–Crippen LogP) is 5.72. The molecular formula is C26H32ClN3O3. The molecule has 0 aliphatic carbocycles. The Hall–Kier alpha value is -2.86. The van der Waals surface area contributed by atoms with Crippen molar-refractivity contribution in [1.82, 2.24) is 15.0 Å². The van der Waals surface area contributed by atoms with Crippen molar-refractivity contribution in [3.05, 3.63) is 76.4 Å². The molecule has 0 bridgehead atoms. The molecule has 0 saturated carbocycles. The summed E-state index contributed by atoms with van der Waals surface area (Å²) in [5.41, 5.74) is 2.15. The number of rotatable bonds is 12. The average molecular weight is 470 g/mol. The van der Waals surface area contributed by atoms with E-state index < -0.39 is 0 Å². The standard InChI is InChI=1S/C26H32ClN3O3/c1-4-30(26(31)14-5-19(2)3)18-21-8-12-23(13-9-21)32-16-15-24-28-25(33-29-24)17-20-6-10-22(27)11-7-20/h6-13,19H,4-5,14-18H2,1-3H3. The summed E-state index contributed by atoms with van der Waals surface area (Å²) in [6.45, 7) is 8.08. The lowest BCUT2D eigenvalue weighted by Crippen LogP contribution is -2.30. The molecule has 0 N–H and O–H groups in total. The number of carbonyl (C=O) groups excluding carboxylic acids is 1. The van der Waals surface area contributed by atoms with Crippen molar-refractivity contribution in [2.24, 2.45) is 5.92 Å². The molecule has 0 aliphatic rings. The Morgan fingerprint density at radius 3 is 2.45 bits per heavy atom. The highest BCUT2D eigenvalue weighted by Gasteiger charge is 2.13.